The second-order valence-corrected chi connectivity index (χ2v) is 5.43. The van der Waals surface area contributed by atoms with E-state index in [2.05, 4.69) is 0 Å². The van der Waals surface area contributed by atoms with Crippen LogP contribution in [-0.4, -0.2) is 31.6 Å². The lowest BCUT2D eigenvalue weighted by Gasteiger charge is -2.30. The van der Waals surface area contributed by atoms with E-state index in [-0.39, 0.29) is 35.3 Å². The highest BCUT2D eigenvalue weighted by atomic mass is 16.3. The second-order valence-electron chi connectivity index (χ2n) is 5.43. The number of phenols is 4. The molecule has 5 N–H and O–H groups in total. The van der Waals surface area contributed by atoms with Crippen molar-refractivity contribution in [1.82, 2.24) is 0 Å². The van der Waals surface area contributed by atoms with Crippen LogP contribution in [0.2, 0.25) is 0 Å². The Morgan fingerprint density at radius 2 is 1.57 bits per heavy atom. The number of aliphatic hydroxyl groups excluding tert-OH is 1. The molecule has 5 nitrogen and oxygen atoms in total. The Balaban J connectivity index is 2.00. The molecule has 2 aromatic rings. The molecule has 0 spiro atoms. The Hall–Kier alpha value is -2.40. The SMILES string of the molecule is Oc1cc(O)c2c(c1)C[C@@H](c1ccc(O)c(O)c1)[C@H](O)C2. The fourth-order valence-electron chi connectivity index (χ4n) is 2.95. The lowest BCUT2D eigenvalue weighted by molar-refractivity contribution is 0.134. The van der Waals surface area contributed by atoms with Gasteiger partial charge in [-0.1, -0.05) is 6.07 Å². The van der Waals surface area contributed by atoms with Crippen LogP contribution in [0.5, 0.6) is 23.0 Å². The minimum atomic E-state index is -0.711. The van der Waals surface area contributed by atoms with Crippen LogP contribution in [0.25, 0.3) is 0 Å². The summed E-state index contributed by atoms with van der Waals surface area (Å²) < 4.78 is 0. The number of hydrogen-bond donors (Lipinski definition) is 5. The molecule has 0 aliphatic heterocycles. The van der Waals surface area contributed by atoms with Gasteiger partial charge in [-0.05, 0) is 41.3 Å². The van der Waals surface area contributed by atoms with Gasteiger partial charge in [0.25, 0.3) is 0 Å². The molecular weight excluding hydrogens is 272 g/mol. The maximum Gasteiger partial charge on any atom is 0.157 e. The van der Waals surface area contributed by atoms with Crippen molar-refractivity contribution in [2.24, 2.45) is 0 Å². The summed E-state index contributed by atoms with van der Waals surface area (Å²) in [6, 6.07) is 7.30. The number of rotatable bonds is 1. The van der Waals surface area contributed by atoms with Crippen LogP contribution < -0.4 is 0 Å². The van der Waals surface area contributed by atoms with E-state index >= 15 is 0 Å². The third-order valence-corrected chi connectivity index (χ3v) is 4.05. The molecule has 0 saturated heterocycles. The Kier molecular flexibility index (Phi) is 3.14. The number of aromatic hydroxyl groups is 4. The van der Waals surface area contributed by atoms with Gasteiger partial charge in [0.1, 0.15) is 11.5 Å². The summed E-state index contributed by atoms with van der Waals surface area (Å²) in [4.78, 5) is 0. The molecule has 0 bridgehead atoms. The zero-order valence-corrected chi connectivity index (χ0v) is 11.2. The molecule has 1 aliphatic carbocycles. The summed E-state index contributed by atoms with van der Waals surface area (Å²) in [5, 5.41) is 48.7. The largest absolute Gasteiger partial charge is 0.508 e. The van der Waals surface area contributed by atoms with Crippen LogP contribution in [-0.2, 0) is 12.8 Å². The molecule has 0 saturated carbocycles. The topological polar surface area (TPSA) is 101 Å². The zero-order valence-electron chi connectivity index (χ0n) is 11.2. The molecule has 0 amide bonds. The predicted molar refractivity (Wildman–Crippen MR) is 75.7 cm³/mol. The van der Waals surface area contributed by atoms with E-state index in [0.29, 0.717) is 17.5 Å². The zero-order chi connectivity index (χ0) is 15.1. The van der Waals surface area contributed by atoms with Crippen LogP contribution in [0.1, 0.15) is 22.6 Å². The van der Waals surface area contributed by atoms with E-state index in [9.17, 15) is 25.5 Å². The van der Waals surface area contributed by atoms with Gasteiger partial charge in [0, 0.05) is 18.4 Å². The third kappa shape index (κ3) is 2.36. The molecule has 2 atom stereocenters. The van der Waals surface area contributed by atoms with Gasteiger partial charge in [-0.15, -0.1) is 0 Å². The molecule has 0 radical (unpaired) electrons. The van der Waals surface area contributed by atoms with E-state index in [4.69, 9.17) is 0 Å². The van der Waals surface area contributed by atoms with Gasteiger partial charge in [0.2, 0.25) is 0 Å². The highest BCUT2D eigenvalue weighted by molar-refractivity contribution is 5.49. The van der Waals surface area contributed by atoms with Gasteiger partial charge in [0.05, 0.1) is 6.10 Å². The van der Waals surface area contributed by atoms with Crippen molar-refractivity contribution in [2.75, 3.05) is 0 Å². The molecule has 0 unspecified atom stereocenters. The molecule has 1 aliphatic rings. The van der Waals surface area contributed by atoms with Gasteiger partial charge in [-0.2, -0.15) is 0 Å². The van der Waals surface area contributed by atoms with Gasteiger partial charge in [-0.25, -0.2) is 0 Å². The number of hydrogen-bond acceptors (Lipinski definition) is 5. The second kappa shape index (κ2) is 4.86. The molecule has 0 fully saturated rings. The first kappa shape index (κ1) is 13.6. The summed E-state index contributed by atoms with van der Waals surface area (Å²) >= 11 is 0. The highest BCUT2D eigenvalue weighted by Crippen LogP contribution is 2.40. The summed E-state index contributed by atoms with van der Waals surface area (Å²) in [7, 11) is 0. The first-order valence-corrected chi connectivity index (χ1v) is 6.69. The smallest absolute Gasteiger partial charge is 0.157 e. The van der Waals surface area contributed by atoms with E-state index in [1.54, 1.807) is 12.1 Å². The van der Waals surface area contributed by atoms with Crippen LogP contribution in [0.4, 0.5) is 0 Å². The van der Waals surface area contributed by atoms with E-state index in [0.717, 1.165) is 5.56 Å². The first-order valence-electron chi connectivity index (χ1n) is 6.69. The normalized spacial score (nSPS) is 21.0. The number of fused-ring (bicyclic) bond motifs is 1. The molecule has 3 rings (SSSR count). The third-order valence-electron chi connectivity index (χ3n) is 4.05. The average Bonchev–Trinajstić information content (AvgIpc) is 2.42. The van der Waals surface area contributed by atoms with Crippen molar-refractivity contribution in [2.45, 2.75) is 24.9 Å². The van der Waals surface area contributed by atoms with Crippen LogP contribution >= 0.6 is 0 Å². The Bertz CT molecular complexity index is 695. The molecule has 2 aromatic carbocycles. The molecule has 21 heavy (non-hydrogen) atoms. The van der Waals surface area contributed by atoms with Gasteiger partial charge in [-0.3, -0.25) is 0 Å². The quantitative estimate of drug-likeness (QED) is 0.515. The highest BCUT2D eigenvalue weighted by Gasteiger charge is 2.30. The molecule has 110 valence electrons. The fourth-order valence-corrected chi connectivity index (χ4v) is 2.95. The summed E-state index contributed by atoms with van der Waals surface area (Å²) in [6.07, 6.45) is -0.00643. The van der Waals surface area contributed by atoms with Crippen LogP contribution in [0.15, 0.2) is 30.3 Å². The summed E-state index contributed by atoms with van der Waals surface area (Å²) in [5.74, 6) is -0.750. The number of benzene rings is 2. The van der Waals surface area contributed by atoms with Crippen molar-refractivity contribution in [3.63, 3.8) is 0 Å². The fraction of sp³-hybridized carbons (Fsp3) is 0.250. The average molecular weight is 288 g/mol. The first-order chi connectivity index (χ1) is 9.95. The standard InChI is InChI=1S/C16H16O5/c17-10-3-9-4-11(8-1-2-13(18)16(21)5-8)15(20)7-12(9)14(19)6-10/h1-3,5-6,11,15,17-21H,4,7H2/t11-,15+/m0/s1. The summed E-state index contributed by atoms with van der Waals surface area (Å²) in [6.45, 7) is 0. The number of aliphatic hydroxyl groups is 1. The van der Waals surface area contributed by atoms with Crippen molar-refractivity contribution in [3.05, 3.63) is 47.0 Å². The molecule has 0 aromatic heterocycles. The number of phenolic OH excluding ortho intramolecular Hbond substituents is 4. The van der Waals surface area contributed by atoms with Gasteiger partial charge >= 0.3 is 0 Å². The Morgan fingerprint density at radius 1 is 0.810 bits per heavy atom. The monoisotopic (exact) mass is 288 g/mol. The predicted octanol–water partition coefficient (Wildman–Crippen LogP) is 1.75. The van der Waals surface area contributed by atoms with E-state index in [1.165, 1.54) is 18.2 Å². The van der Waals surface area contributed by atoms with Crippen molar-refractivity contribution < 1.29 is 25.5 Å². The van der Waals surface area contributed by atoms with Gasteiger partial charge < -0.3 is 25.5 Å². The maximum atomic E-state index is 10.3. The van der Waals surface area contributed by atoms with Crippen molar-refractivity contribution >= 4 is 0 Å². The van der Waals surface area contributed by atoms with Crippen LogP contribution in [0, 0.1) is 0 Å². The molecular formula is C16H16O5. The van der Waals surface area contributed by atoms with E-state index < -0.39 is 6.10 Å². The lowest BCUT2D eigenvalue weighted by atomic mass is 9.77. The molecule has 5 heteroatoms. The Morgan fingerprint density at radius 3 is 2.29 bits per heavy atom. The Labute approximate surface area is 121 Å². The van der Waals surface area contributed by atoms with Crippen LogP contribution in [0.3, 0.4) is 0 Å². The minimum Gasteiger partial charge on any atom is -0.508 e. The molecule has 0 heterocycles. The van der Waals surface area contributed by atoms with Crippen molar-refractivity contribution in [1.29, 1.82) is 0 Å². The maximum absolute atomic E-state index is 10.3. The summed E-state index contributed by atoms with van der Waals surface area (Å²) in [5.41, 5.74) is 2.11. The lowest BCUT2D eigenvalue weighted by Crippen LogP contribution is -2.28. The van der Waals surface area contributed by atoms with Gasteiger partial charge in [0.15, 0.2) is 11.5 Å². The van der Waals surface area contributed by atoms with Crippen molar-refractivity contribution in [3.8, 4) is 23.0 Å². The van der Waals surface area contributed by atoms with E-state index in [1.807, 2.05) is 0 Å². The minimum absolute atomic E-state index is 0.0175.